The van der Waals surface area contributed by atoms with Crippen LogP contribution in [0.5, 0.6) is 0 Å². The van der Waals surface area contributed by atoms with Crippen LogP contribution in [0.3, 0.4) is 0 Å². The summed E-state index contributed by atoms with van der Waals surface area (Å²) in [7, 11) is 1.34. The highest BCUT2D eigenvalue weighted by molar-refractivity contribution is 7.99. The quantitative estimate of drug-likeness (QED) is 0.431. The minimum atomic E-state index is -0.436. The van der Waals surface area contributed by atoms with Crippen LogP contribution in [0.25, 0.3) is 5.69 Å². The van der Waals surface area contributed by atoms with Crippen molar-refractivity contribution < 1.29 is 14.3 Å². The molecule has 0 aliphatic rings. The van der Waals surface area contributed by atoms with Gasteiger partial charge in [0.05, 0.1) is 18.4 Å². The van der Waals surface area contributed by atoms with Gasteiger partial charge in [0.2, 0.25) is 5.91 Å². The topological polar surface area (TPSA) is 86.1 Å². The van der Waals surface area contributed by atoms with Crippen LogP contribution >= 0.6 is 23.1 Å². The highest BCUT2D eigenvalue weighted by Gasteiger charge is 2.23. The zero-order valence-electron chi connectivity index (χ0n) is 17.6. The summed E-state index contributed by atoms with van der Waals surface area (Å²) in [6, 6.07) is 8.04. The van der Waals surface area contributed by atoms with E-state index >= 15 is 0 Å². The predicted molar refractivity (Wildman–Crippen MR) is 120 cm³/mol. The number of benzene rings is 1. The molecule has 9 heteroatoms. The molecule has 0 saturated carbocycles. The molecule has 0 fully saturated rings. The molecule has 0 atom stereocenters. The maximum atomic E-state index is 12.6. The second kappa shape index (κ2) is 9.44. The first-order chi connectivity index (χ1) is 14.3. The number of methoxy groups -OCH3 is 1. The number of hydrogen-bond acceptors (Lipinski definition) is 7. The summed E-state index contributed by atoms with van der Waals surface area (Å²) in [5.74, 6) is 0.235. The number of carbonyl (C=O) groups is 2. The molecule has 3 aromatic rings. The van der Waals surface area contributed by atoms with Crippen LogP contribution in [0.4, 0.5) is 5.00 Å². The van der Waals surface area contributed by atoms with Crippen molar-refractivity contribution in [3.63, 3.8) is 0 Å². The van der Waals surface area contributed by atoms with Gasteiger partial charge in [-0.1, -0.05) is 36.4 Å². The van der Waals surface area contributed by atoms with Gasteiger partial charge in [0.1, 0.15) is 10.8 Å². The number of carbonyl (C=O) groups excluding carboxylic acids is 2. The molecule has 0 aliphatic heterocycles. The minimum Gasteiger partial charge on any atom is -0.465 e. The summed E-state index contributed by atoms with van der Waals surface area (Å²) in [5, 5.41) is 12.4. The number of amides is 1. The SMILES string of the molecule is CCc1c(C)sc(NC(=O)CSc2nnc(C)n2-c2ccc(C)cc2)c1C(=O)OC. The Hall–Kier alpha value is -2.65. The molecule has 2 heterocycles. The maximum Gasteiger partial charge on any atom is 0.341 e. The number of nitrogens with one attached hydrogen (secondary N) is 1. The van der Waals surface area contributed by atoms with Crippen molar-refractivity contribution in [3.8, 4) is 5.69 Å². The fraction of sp³-hybridized carbons (Fsp3) is 0.333. The average molecular weight is 445 g/mol. The smallest absolute Gasteiger partial charge is 0.341 e. The number of thioether (sulfide) groups is 1. The van der Waals surface area contributed by atoms with E-state index in [1.54, 1.807) is 0 Å². The molecule has 0 aliphatic carbocycles. The molecule has 1 aromatic carbocycles. The standard InChI is InChI=1S/C21H24N4O3S2/c1-6-16-13(3)30-19(18(16)20(27)28-5)22-17(26)11-29-21-24-23-14(4)25(21)15-9-7-12(2)8-10-15/h7-10H,6,11H2,1-5H3,(H,22,26). The number of thiophene rings is 1. The third kappa shape index (κ3) is 4.57. The summed E-state index contributed by atoms with van der Waals surface area (Å²) in [4.78, 5) is 25.8. The van der Waals surface area contributed by atoms with Crippen LogP contribution in [0, 0.1) is 20.8 Å². The van der Waals surface area contributed by atoms with E-state index in [0.717, 1.165) is 27.5 Å². The Morgan fingerprint density at radius 1 is 1.17 bits per heavy atom. The van der Waals surface area contributed by atoms with Crippen LogP contribution in [0.15, 0.2) is 29.4 Å². The molecule has 30 heavy (non-hydrogen) atoms. The monoisotopic (exact) mass is 444 g/mol. The molecular formula is C21H24N4O3S2. The first-order valence-electron chi connectivity index (χ1n) is 9.48. The van der Waals surface area contributed by atoms with Crippen molar-refractivity contribution in [2.24, 2.45) is 0 Å². The number of aromatic nitrogens is 3. The Kier molecular flexibility index (Phi) is 6.94. The van der Waals surface area contributed by atoms with Crippen LogP contribution in [-0.2, 0) is 16.0 Å². The first-order valence-corrected chi connectivity index (χ1v) is 11.3. The second-order valence-corrected chi connectivity index (χ2v) is 8.89. The van der Waals surface area contributed by atoms with E-state index in [1.807, 2.05) is 56.5 Å². The predicted octanol–water partition coefficient (Wildman–Crippen LogP) is 4.33. The molecular weight excluding hydrogens is 420 g/mol. The van der Waals surface area contributed by atoms with Gasteiger partial charge >= 0.3 is 5.97 Å². The van der Waals surface area contributed by atoms with Crippen LogP contribution in [-0.4, -0.2) is 39.5 Å². The van der Waals surface area contributed by atoms with Gasteiger partial charge in [-0.25, -0.2) is 4.79 Å². The fourth-order valence-electron chi connectivity index (χ4n) is 3.13. The molecule has 2 aromatic heterocycles. The van der Waals surface area contributed by atoms with Crippen molar-refractivity contribution in [2.45, 2.75) is 39.3 Å². The number of esters is 1. The van der Waals surface area contributed by atoms with Crippen molar-refractivity contribution in [2.75, 3.05) is 18.2 Å². The number of hydrogen-bond donors (Lipinski definition) is 1. The van der Waals surface area contributed by atoms with Gasteiger partial charge in [0, 0.05) is 10.6 Å². The largest absolute Gasteiger partial charge is 0.465 e. The Balaban J connectivity index is 1.75. The van der Waals surface area contributed by atoms with Gasteiger partial charge in [-0.15, -0.1) is 21.5 Å². The molecule has 1 N–H and O–H groups in total. The third-order valence-electron chi connectivity index (χ3n) is 4.62. The lowest BCUT2D eigenvalue weighted by Gasteiger charge is -2.09. The molecule has 0 bridgehead atoms. The normalized spacial score (nSPS) is 10.8. The third-order valence-corrected chi connectivity index (χ3v) is 6.62. The van der Waals surface area contributed by atoms with Gasteiger partial charge < -0.3 is 10.1 Å². The van der Waals surface area contributed by atoms with Crippen LogP contribution < -0.4 is 5.32 Å². The maximum absolute atomic E-state index is 12.6. The number of ether oxygens (including phenoxy) is 1. The highest BCUT2D eigenvalue weighted by Crippen LogP contribution is 2.34. The van der Waals surface area contributed by atoms with Crippen LogP contribution in [0.1, 0.15) is 39.1 Å². The van der Waals surface area contributed by atoms with Crippen molar-refractivity contribution >= 4 is 40.0 Å². The lowest BCUT2D eigenvalue weighted by atomic mass is 10.1. The number of nitrogens with zero attached hydrogens (tertiary/aromatic N) is 3. The van der Waals surface area contributed by atoms with E-state index in [-0.39, 0.29) is 11.7 Å². The molecule has 1 amide bonds. The Morgan fingerprint density at radius 2 is 1.87 bits per heavy atom. The van der Waals surface area contributed by atoms with E-state index < -0.39 is 5.97 Å². The second-order valence-electron chi connectivity index (χ2n) is 6.72. The molecule has 0 spiro atoms. The Morgan fingerprint density at radius 3 is 2.50 bits per heavy atom. The van der Waals surface area contributed by atoms with Gasteiger partial charge in [0.25, 0.3) is 0 Å². The van der Waals surface area contributed by atoms with E-state index in [9.17, 15) is 9.59 Å². The molecule has 158 valence electrons. The lowest BCUT2D eigenvalue weighted by Crippen LogP contribution is -2.16. The summed E-state index contributed by atoms with van der Waals surface area (Å²) < 4.78 is 6.83. The number of rotatable bonds is 7. The van der Waals surface area contributed by atoms with E-state index in [1.165, 1.54) is 30.2 Å². The first kappa shape index (κ1) is 22.0. The Labute approximate surface area is 183 Å². The number of aryl methyl sites for hydroxylation is 3. The summed E-state index contributed by atoms with van der Waals surface area (Å²) in [5.41, 5.74) is 3.46. The summed E-state index contributed by atoms with van der Waals surface area (Å²) in [6.07, 6.45) is 0.691. The van der Waals surface area contributed by atoms with Crippen LogP contribution in [0.2, 0.25) is 0 Å². The van der Waals surface area contributed by atoms with Crippen molar-refractivity contribution in [1.82, 2.24) is 14.8 Å². The molecule has 0 saturated heterocycles. The summed E-state index contributed by atoms with van der Waals surface area (Å²) >= 11 is 2.69. The zero-order chi connectivity index (χ0) is 21.8. The summed E-state index contributed by atoms with van der Waals surface area (Å²) in [6.45, 7) is 7.82. The van der Waals surface area contributed by atoms with Gasteiger partial charge in [-0.05, 0) is 44.9 Å². The number of anilines is 1. The lowest BCUT2D eigenvalue weighted by molar-refractivity contribution is -0.113. The van der Waals surface area contributed by atoms with E-state index in [4.69, 9.17) is 4.74 Å². The van der Waals surface area contributed by atoms with E-state index in [0.29, 0.717) is 22.1 Å². The zero-order valence-corrected chi connectivity index (χ0v) is 19.2. The van der Waals surface area contributed by atoms with Gasteiger partial charge in [0.15, 0.2) is 5.16 Å². The molecule has 7 nitrogen and oxygen atoms in total. The van der Waals surface area contributed by atoms with Gasteiger partial charge in [-0.3, -0.25) is 9.36 Å². The average Bonchev–Trinajstić information content (AvgIpc) is 3.25. The minimum absolute atomic E-state index is 0.142. The van der Waals surface area contributed by atoms with Gasteiger partial charge in [-0.2, -0.15) is 0 Å². The molecule has 0 radical (unpaired) electrons. The Bertz CT molecular complexity index is 1070. The van der Waals surface area contributed by atoms with Crippen molar-refractivity contribution in [1.29, 1.82) is 0 Å². The fourth-order valence-corrected chi connectivity index (χ4v) is 5.08. The molecule has 3 rings (SSSR count). The van der Waals surface area contributed by atoms with Crippen molar-refractivity contribution in [3.05, 3.63) is 51.7 Å². The molecule has 0 unspecified atom stereocenters. The highest BCUT2D eigenvalue weighted by atomic mass is 32.2. The van der Waals surface area contributed by atoms with E-state index in [2.05, 4.69) is 15.5 Å².